The minimum absolute atomic E-state index is 0.0637. The zero-order valence-corrected chi connectivity index (χ0v) is 5.54. The third-order valence-electron chi connectivity index (χ3n) is 1.13. The summed E-state index contributed by atoms with van der Waals surface area (Å²) in [7, 11) is 0. The third-order valence-corrected chi connectivity index (χ3v) is 1.13. The molecule has 0 aromatic rings. The van der Waals surface area contributed by atoms with Crippen LogP contribution in [0.1, 0.15) is 6.42 Å². The monoisotopic (exact) mass is 145 g/mol. The first-order valence-electron chi connectivity index (χ1n) is 2.85. The Hall–Kier alpha value is -1.10. The van der Waals surface area contributed by atoms with Crippen LogP contribution in [0, 0.1) is 5.92 Å². The largest absolute Gasteiger partial charge is 0.370 e. The van der Waals surface area contributed by atoms with Gasteiger partial charge in [-0.2, -0.15) is 0 Å². The summed E-state index contributed by atoms with van der Waals surface area (Å²) < 4.78 is 0. The zero-order chi connectivity index (χ0) is 8.15. The van der Waals surface area contributed by atoms with Gasteiger partial charge < -0.3 is 17.2 Å². The van der Waals surface area contributed by atoms with Crippen LogP contribution in [0.15, 0.2) is 0 Å². The van der Waals surface area contributed by atoms with Crippen LogP contribution in [-0.4, -0.2) is 18.4 Å². The molecule has 0 aliphatic rings. The molecule has 0 spiro atoms. The molecule has 5 nitrogen and oxygen atoms in total. The SMILES string of the molecule is NC[C@H](CC(N)=O)C(N)=O. The van der Waals surface area contributed by atoms with Gasteiger partial charge in [0, 0.05) is 13.0 Å². The van der Waals surface area contributed by atoms with E-state index in [-0.39, 0.29) is 13.0 Å². The van der Waals surface area contributed by atoms with E-state index < -0.39 is 17.7 Å². The molecule has 0 aromatic carbocycles. The van der Waals surface area contributed by atoms with E-state index >= 15 is 0 Å². The number of carbonyl (C=O) groups excluding carboxylic acids is 2. The number of amides is 2. The minimum Gasteiger partial charge on any atom is -0.370 e. The minimum atomic E-state index is -0.613. The zero-order valence-electron chi connectivity index (χ0n) is 5.54. The molecule has 6 N–H and O–H groups in total. The Morgan fingerprint density at radius 2 is 1.80 bits per heavy atom. The van der Waals surface area contributed by atoms with E-state index in [4.69, 9.17) is 17.2 Å². The highest BCUT2D eigenvalue weighted by Gasteiger charge is 2.15. The molecular formula is C5H11N3O2. The Kier molecular flexibility index (Phi) is 3.42. The summed E-state index contributed by atoms with van der Waals surface area (Å²) in [4.78, 5) is 20.6. The van der Waals surface area contributed by atoms with Gasteiger partial charge in [0.25, 0.3) is 0 Å². The van der Waals surface area contributed by atoms with E-state index in [0.717, 1.165) is 0 Å². The Morgan fingerprint density at radius 1 is 1.30 bits per heavy atom. The standard InChI is InChI=1S/C5H11N3O2/c6-2-3(5(8)10)1-4(7)9/h3H,1-2,6H2,(H2,7,9)(H2,8,10)/t3-/m0/s1. The van der Waals surface area contributed by atoms with Crippen LogP contribution >= 0.6 is 0 Å². The van der Waals surface area contributed by atoms with Crippen LogP contribution in [0.2, 0.25) is 0 Å². The molecule has 0 radical (unpaired) electrons. The number of carbonyl (C=O) groups is 2. The molecule has 0 aromatic heterocycles. The number of hydrogen-bond donors (Lipinski definition) is 3. The average Bonchev–Trinajstić information content (AvgIpc) is 1.81. The first-order valence-corrected chi connectivity index (χ1v) is 2.85. The van der Waals surface area contributed by atoms with Gasteiger partial charge in [-0.1, -0.05) is 0 Å². The number of primary amides is 2. The Bertz CT molecular complexity index is 146. The second-order valence-corrected chi connectivity index (χ2v) is 2.01. The molecule has 0 rings (SSSR count). The maximum Gasteiger partial charge on any atom is 0.222 e. The van der Waals surface area contributed by atoms with Gasteiger partial charge in [-0.05, 0) is 0 Å². The van der Waals surface area contributed by atoms with Crippen LogP contribution in [0.5, 0.6) is 0 Å². The Balaban J connectivity index is 3.83. The summed E-state index contributed by atoms with van der Waals surface area (Å²) in [6.07, 6.45) is -0.0637. The number of hydrogen-bond acceptors (Lipinski definition) is 3. The van der Waals surface area contributed by atoms with Crippen molar-refractivity contribution in [3.8, 4) is 0 Å². The summed E-state index contributed by atoms with van der Waals surface area (Å²) in [6.45, 7) is 0.0677. The van der Waals surface area contributed by atoms with E-state index in [2.05, 4.69) is 0 Å². The molecule has 1 atom stereocenters. The van der Waals surface area contributed by atoms with Crippen molar-refractivity contribution in [1.29, 1.82) is 0 Å². The summed E-state index contributed by atoms with van der Waals surface area (Å²) >= 11 is 0. The van der Waals surface area contributed by atoms with E-state index in [1.165, 1.54) is 0 Å². The summed E-state index contributed by atoms with van der Waals surface area (Å²) in [5.41, 5.74) is 14.8. The van der Waals surface area contributed by atoms with Crippen molar-refractivity contribution in [2.75, 3.05) is 6.54 Å². The smallest absolute Gasteiger partial charge is 0.222 e. The molecule has 0 aliphatic heterocycles. The van der Waals surface area contributed by atoms with Crippen LogP contribution in [0.4, 0.5) is 0 Å². The maximum absolute atomic E-state index is 10.4. The topological polar surface area (TPSA) is 112 Å². The second kappa shape index (κ2) is 3.84. The molecular weight excluding hydrogens is 134 g/mol. The van der Waals surface area contributed by atoms with Crippen molar-refractivity contribution >= 4 is 11.8 Å². The fourth-order valence-electron chi connectivity index (χ4n) is 0.543. The first kappa shape index (κ1) is 8.90. The van der Waals surface area contributed by atoms with Crippen molar-refractivity contribution in [2.45, 2.75) is 6.42 Å². The molecule has 2 amide bonds. The van der Waals surface area contributed by atoms with Crippen molar-refractivity contribution in [3.63, 3.8) is 0 Å². The number of rotatable bonds is 4. The molecule has 0 aliphatic carbocycles. The third kappa shape index (κ3) is 3.03. The Morgan fingerprint density at radius 3 is 1.90 bits per heavy atom. The van der Waals surface area contributed by atoms with Gasteiger partial charge in [0.05, 0.1) is 5.92 Å². The van der Waals surface area contributed by atoms with Gasteiger partial charge in [-0.3, -0.25) is 9.59 Å². The van der Waals surface area contributed by atoms with E-state index in [1.54, 1.807) is 0 Å². The number of nitrogens with two attached hydrogens (primary N) is 3. The predicted octanol–water partition coefficient (Wildman–Crippen LogP) is -2.08. The van der Waals surface area contributed by atoms with E-state index in [1.807, 2.05) is 0 Å². The second-order valence-electron chi connectivity index (χ2n) is 2.01. The summed E-state index contributed by atoms with van der Waals surface area (Å²) in [5.74, 6) is -1.76. The lowest BCUT2D eigenvalue weighted by Crippen LogP contribution is -2.33. The lowest BCUT2D eigenvalue weighted by atomic mass is 10.1. The molecule has 0 fully saturated rings. The molecule has 58 valence electrons. The molecule has 0 heterocycles. The molecule has 0 saturated heterocycles. The van der Waals surface area contributed by atoms with Gasteiger partial charge in [0.1, 0.15) is 0 Å². The quantitative estimate of drug-likeness (QED) is 0.422. The van der Waals surface area contributed by atoms with Crippen LogP contribution < -0.4 is 17.2 Å². The van der Waals surface area contributed by atoms with Crippen LogP contribution in [-0.2, 0) is 9.59 Å². The molecule has 5 heteroatoms. The highest BCUT2D eigenvalue weighted by Crippen LogP contribution is 1.97. The van der Waals surface area contributed by atoms with Crippen molar-refractivity contribution < 1.29 is 9.59 Å². The first-order chi connectivity index (χ1) is 4.57. The average molecular weight is 145 g/mol. The van der Waals surface area contributed by atoms with Crippen LogP contribution in [0.25, 0.3) is 0 Å². The lowest BCUT2D eigenvalue weighted by molar-refractivity contribution is -0.126. The van der Waals surface area contributed by atoms with Gasteiger partial charge >= 0.3 is 0 Å². The van der Waals surface area contributed by atoms with Gasteiger partial charge in [0.2, 0.25) is 11.8 Å². The fourth-order valence-corrected chi connectivity index (χ4v) is 0.543. The molecule has 0 saturated carbocycles. The van der Waals surface area contributed by atoms with Crippen molar-refractivity contribution in [1.82, 2.24) is 0 Å². The van der Waals surface area contributed by atoms with E-state index in [0.29, 0.717) is 0 Å². The normalized spacial score (nSPS) is 12.5. The van der Waals surface area contributed by atoms with Crippen molar-refractivity contribution in [2.24, 2.45) is 23.1 Å². The molecule has 0 bridgehead atoms. The van der Waals surface area contributed by atoms with Gasteiger partial charge in [-0.15, -0.1) is 0 Å². The van der Waals surface area contributed by atoms with E-state index in [9.17, 15) is 9.59 Å². The fraction of sp³-hybridized carbons (Fsp3) is 0.600. The Labute approximate surface area is 58.5 Å². The van der Waals surface area contributed by atoms with Crippen molar-refractivity contribution in [3.05, 3.63) is 0 Å². The molecule has 10 heavy (non-hydrogen) atoms. The predicted molar refractivity (Wildman–Crippen MR) is 35.6 cm³/mol. The lowest BCUT2D eigenvalue weighted by Gasteiger charge is -2.05. The van der Waals surface area contributed by atoms with Crippen LogP contribution in [0.3, 0.4) is 0 Å². The maximum atomic E-state index is 10.4. The summed E-state index contributed by atoms with van der Waals surface area (Å²) in [5, 5.41) is 0. The highest BCUT2D eigenvalue weighted by atomic mass is 16.2. The summed E-state index contributed by atoms with van der Waals surface area (Å²) in [6, 6.07) is 0. The van der Waals surface area contributed by atoms with Gasteiger partial charge in [0.15, 0.2) is 0 Å². The molecule has 0 unspecified atom stereocenters. The van der Waals surface area contributed by atoms with Gasteiger partial charge in [-0.25, -0.2) is 0 Å². The highest BCUT2D eigenvalue weighted by molar-refractivity contribution is 5.84.